The lowest BCUT2D eigenvalue weighted by molar-refractivity contribution is 0.315. The summed E-state index contributed by atoms with van der Waals surface area (Å²) in [6.45, 7) is 5.54. The number of rotatable bonds is 1. The van der Waals surface area contributed by atoms with E-state index >= 15 is 0 Å². The second kappa shape index (κ2) is 5.47. The minimum Gasteiger partial charge on any atom is -0.491 e. The third-order valence-electron chi connectivity index (χ3n) is 4.04. The van der Waals surface area contributed by atoms with Crippen molar-refractivity contribution in [1.29, 1.82) is 0 Å². The first-order chi connectivity index (χ1) is 10.7. The van der Waals surface area contributed by atoms with Crippen molar-refractivity contribution in [2.45, 2.75) is 31.6 Å². The van der Waals surface area contributed by atoms with Gasteiger partial charge in [0, 0.05) is 34.7 Å². The molecular formula is C17H18N2O2S. The molecule has 0 fully saturated rings. The number of nitrogens with zero attached hydrogens (tertiary/aromatic N) is 2. The van der Waals surface area contributed by atoms with E-state index in [0.717, 1.165) is 66.0 Å². The molecule has 4 heterocycles. The fraction of sp³-hybridized carbons (Fsp3) is 0.412. The van der Waals surface area contributed by atoms with Crippen molar-refractivity contribution in [2.24, 2.45) is 0 Å². The Labute approximate surface area is 134 Å². The molecule has 4 nitrogen and oxygen atoms in total. The molecule has 0 aliphatic carbocycles. The van der Waals surface area contributed by atoms with Crippen LogP contribution in [-0.2, 0) is 6.42 Å². The first-order valence-electron chi connectivity index (χ1n) is 7.63. The average Bonchev–Trinajstić information content (AvgIpc) is 2.84. The van der Waals surface area contributed by atoms with Crippen LogP contribution in [0.5, 0.6) is 11.5 Å². The third-order valence-corrected chi connectivity index (χ3v) is 5.15. The van der Waals surface area contributed by atoms with E-state index in [0.29, 0.717) is 0 Å². The van der Waals surface area contributed by atoms with E-state index in [9.17, 15) is 0 Å². The second-order valence-corrected chi connectivity index (χ2v) is 6.79. The Morgan fingerprint density at radius 2 is 2.09 bits per heavy atom. The van der Waals surface area contributed by atoms with Crippen LogP contribution in [0, 0.1) is 13.8 Å². The molecule has 2 aliphatic heterocycles. The van der Waals surface area contributed by atoms with Crippen LogP contribution in [0.25, 0.3) is 11.3 Å². The van der Waals surface area contributed by atoms with Gasteiger partial charge in [0.05, 0.1) is 24.3 Å². The van der Waals surface area contributed by atoms with E-state index in [2.05, 4.69) is 11.1 Å². The fourth-order valence-corrected chi connectivity index (χ4v) is 4.07. The van der Waals surface area contributed by atoms with Gasteiger partial charge >= 0.3 is 0 Å². The Morgan fingerprint density at radius 1 is 1.18 bits per heavy atom. The number of aryl methyl sites for hydroxylation is 2. The molecule has 0 atom stereocenters. The van der Waals surface area contributed by atoms with Gasteiger partial charge in [-0.15, -0.1) is 11.8 Å². The van der Waals surface area contributed by atoms with Crippen LogP contribution in [0.1, 0.15) is 23.4 Å². The van der Waals surface area contributed by atoms with E-state index in [1.807, 2.05) is 31.8 Å². The van der Waals surface area contributed by atoms with Gasteiger partial charge in [-0.1, -0.05) is 0 Å². The summed E-state index contributed by atoms with van der Waals surface area (Å²) in [4.78, 5) is 10.5. The summed E-state index contributed by atoms with van der Waals surface area (Å²) < 4.78 is 11.7. The van der Waals surface area contributed by atoms with E-state index in [4.69, 9.17) is 14.5 Å². The molecule has 4 rings (SSSR count). The molecule has 2 aromatic rings. The Morgan fingerprint density at radius 3 is 3.00 bits per heavy atom. The van der Waals surface area contributed by atoms with Crippen molar-refractivity contribution in [3.63, 3.8) is 0 Å². The highest BCUT2D eigenvalue weighted by atomic mass is 32.2. The normalized spacial score (nSPS) is 16.3. The molecule has 0 radical (unpaired) electrons. The van der Waals surface area contributed by atoms with Crippen molar-refractivity contribution in [3.8, 4) is 22.8 Å². The van der Waals surface area contributed by atoms with Gasteiger partial charge in [0.25, 0.3) is 0 Å². The minimum absolute atomic E-state index is 0.719. The van der Waals surface area contributed by atoms with Crippen LogP contribution in [-0.4, -0.2) is 28.9 Å². The van der Waals surface area contributed by atoms with E-state index < -0.39 is 0 Å². The molecule has 0 saturated heterocycles. The Balaban J connectivity index is 1.98. The standard InChI is InChI=1S/C17H18N2O2S/c1-10-8-14-17(21-5-3-7-22-14)16(19-10)15-11(2)18-9-13-12(15)4-6-20-13/h8-9H,3-7H2,1-2H3. The van der Waals surface area contributed by atoms with Crippen LogP contribution in [0.4, 0.5) is 0 Å². The fourth-order valence-electron chi connectivity index (χ4n) is 3.05. The molecule has 0 aromatic carbocycles. The van der Waals surface area contributed by atoms with Crippen molar-refractivity contribution < 1.29 is 9.47 Å². The summed E-state index contributed by atoms with van der Waals surface area (Å²) in [5, 5.41) is 0. The SMILES string of the molecule is Cc1cc2c(c(-c3c(C)ncc4c3CCO4)n1)OCCCS2. The summed E-state index contributed by atoms with van der Waals surface area (Å²) in [5.41, 5.74) is 5.24. The minimum atomic E-state index is 0.719. The second-order valence-electron chi connectivity index (χ2n) is 5.65. The number of thioether (sulfide) groups is 1. The predicted molar refractivity (Wildman–Crippen MR) is 87.0 cm³/mol. The number of hydrogen-bond donors (Lipinski definition) is 0. The maximum Gasteiger partial charge on any atom is 0.159 e. The van der Waals surface area contributed by atoms with E-state index in [1.54, 1.807) is 0 Å². The lowest BCUT2D eigenvalue weighted by atomic mass is 10.00. The Bertz CT molecular complexity index is 746. The number of pyridine rings is 2. The summed E-state index contributed by atoms with van der Waals surface area (Å²) in [5.74, 6) is 2.89. The Hall–Kier alpha value is -1.75. The van der Waals surface area contributed by atoms with Gasteiger partial charge in [0.2, 0.25) is 0 Å². The number of aromatic nitrogens is 2. The van der Waals surface area contributed by atoms with Crippen molar-refractivity contribution in [2.75, 3.05) is 19.0 Å². The largest absolute Gasteiger partial charge is 0.491 e. The zero-order chi connectivity index (χ0) is 15.1. The lowest BCUT2D eigenvalue weighted by Gasteiger charge is -2.16. The van der Waals surface area contributed by atoms with Gasteiger partial charge in [-0.2, -0.15) is 0 Å². The molecule has 22 heavy (non-hydrogen) atoms. The van der Waals surface area contributed by atoms with Crippen molar-refractivity contribution >= 4 is 11.8 Å². The molecule has 0 bridgehead atoms. The summed E-state index contributed by atoms with van der Waals surface area (Å²) in [6.07, 6.45) is 3.79. The highest BCUT2D eigenvalue weighted by Crippen LogP contribution is 2.44. The zero-order valence-electron chi connectivity index (χ0n) is 12.8. The van der Waals surface area contributed by atoms with Gasteiger partial charge in [-0.05, 0) is 26.3 Å². The van der Waals surface area contributed by atoms with E-state index in [1.165, 1.54) is 10.5 Å². The molecule has 2 aliphatic rings. The van der Waals surface area contributed by atoms with Crippen LogP contribution >= 0.6 is 11.8 Å². The topological polar surface area (TPSA) is 44.2 Å². The monoisotopic (exact) mass is 314 g/mol. The maximum atomic E-state index is 6.05. The highest BCUT2D eigenvalue weighted by Gasteiger charge is 2.25. The molecule has 5 heteroatoms. The summed E-state index contributed by atoms with van der Waals surface area (Å²) in [6, 6.07) is 2.12. The molecule has 0 amide bonds. The van der Waals surface area contributed by atoms with Gasteiger partial charge in [0.1, 0.15) is 11.4 Å². The molecule has 0 spiro atoms. The van der Waals surface area contributed by atoms with Crippen molar-refractivity contribution in [3.05, 3.63) is 29.2 Å². The molecule has 2 aromatic heterocycles. The van der Waals surface area contributed by atoms with Gasteiger partial charge < -0.3 is 9.47 Å². The van der Waals surface area contributed by atoms with Crippen LogP contribution < -0.4 is 9.47 Å². The smallest absolute Gasteiger partial charge is 0.159 e. The first-order valence-corrected chi connectivity index (χ1v) is 8.61. The van der Waals surface area contributed by atoms with Crippen molar-refractivity contribution in [1.82, 2.24) is 9.97 Å². The molecular weight excluding hydrogens is 296 g/mol. The maximum absolute atomic E-state index is 6.05. The van der Waals surface area contributed by atoms with Crippen LogP contribution in [0.3, 0.4) is 0 Å². The summed E-state index contributed by atoms with van der Waals surface area (Å²) >= 11 is 1.86. The van der Waals surface area contributed by atoms with Crippen LogP contribution in [0.2, 0.25) is 0 Å². The number of ether oxygens (including phenoxy) is 2. The number of fused-ring (bicyclic) bond motifs is 2. The highest BCUT2D eigenvalue weighted by molar-refractivity contribution is 7.99. The molecule has 114 valence electrons. The average molecular weight is 314 g/mol. The Kier molecular flexibility index (Phi) is 3.45. The predicted octanol–water partition coefficient (Wildman–Crippen LogP) is 3.57. The number of hydrogen-bond acceptors (Lipinski definition) is 5. The molecule has 0 unspecified atom stereocenters. The van der Waals surface area contributed by atoms with Gasteiger partial charge in [-0.3, -0.25) is 4.98 Å². The molecule has 0 N–H and O–H groups in total. The van der Waals surface area contributed by atoms with Crippen LogP contribution in [0.15, 0.2) is 17.2 Å². The van der Waals surface area contributed by atoms with E-state index in [-0.39, 0.29) is 0 Å². The van der Waals surface area contributed by atoms with Gasteiger partial charge in [0.15, 0.2) is 5.75 Å². The lowest BCUT2D eigenvalue weighted by Crippen LogP contribution is -2.03. The summed E-state index contributed by atoms with van der Waals surface area (Å²) in [7, 11) is 0. The first kappa shape index (κ1) is 13.9. The third kappa shape index (κ3) is 2.24. The zero-order valence-corrected chi connectivity index (χ0v) is 13.6. The van der Waals surface area contributed by atoms with Gasteiger partial charge in [-0.25, -0.2) is 4.98 Å². The molecule has 0 saturated carbocycles. The quantitative estimate of drug-likeness (QED) is 0.805.